The standard InChI is InChI=1S/C20H20FNO5S/c1-13-10-14(6-7-17(13)27-11-18(23)24)28(25,26)22-12-20(8-3-9-20)19-15(21)4-2-5-16(19)22/h2,4-7,10H,3,8-9,11-12H2,1H3,(H,23,24). The van der Waals surface area contributed by atoms with Gasteiger partial charge in [0.05, 0.1) is 10.6 Å². The SMILES string of the molecule is Cc1cc(S(=O)(=O)N2CC3(CCC3)c3c(F)cccc32)ccc1OCC(=O)O. The number of ether oxygens (including phenoxy) is 1. The highest BCUT2D eigenvalue weighted by Gasteiger charge is 2.51. The van der Waals surface area contributed by atoms with E-state index in [-0.39, 0.29) is 17.3 Å². The predicted octanol–water partition coefficient (Wildman–Crippen LogP) is 3.23. The Labute approximate surface area is 162 Å². The number of benzene rings is 2. The lowest BCUT2D eigenvalue weighted by Crippen LogP contribution is -2.41. The summed E-state index contributed by atoms with van der Waals surface area (Å²) in [7, 11) is -3.89. The van der Waals surface area contributed by atoms with Gasteiger partial charge in [-0.2, -0.15) is 0 Å². The molecule has 2 aromatic carbocycles. The summed E-state index contributed by atoms with van der Waals surface area (Å²) in [6, 6.07) is 8.87. The molecule has 1 N–H and O–H groups in total. The zero-order valence-corrected chi connectivity index (χ0v) is 16.1. The average Bonchev–Trinajstić information content (AvgIpc) is 2.98. The van der Waals surface area contributed by atoms with Crippen LogP contribution in [0.25, 0.3) is 0 Å². The van der Waals surface area contributed by atoms with Crippen molar-refractivity contribution < 1.29 is 27.4 Å². The fraction of sp³-hybridized carbons (Fsp3) is 0.350. The normalized spacial score (nSPS) is 17.3. The molecule has 1 aliphatic carbocycles. The van der Waals surface area contributed by atoms with Crippen LogP contribution >= 0.6 is 0 Å². The summed E-state index contributed by atoms with van der Waals surface area (Å²) >= 11 is 0. The summed E-state index contributed by atoms with van der Waals surface area (Å²) in [5.74, 6) is -1.16. The summed E-state index contributed by atoms with van der Waals surface area (Å²) in [6.07, 6.45) is 2.50. The number of rotatable bonds is 5. The van der Waals surface area contributed by atoms with Gasteiger partial charge in [0.25, 0.3) is 10.0 Å². The number of hydrogen-bond donors (Lipinski definition) is 1. The van der Waals surface area contributed by atoms with Gasteiger partial charge in [0.2, 0.25) is 0 Å². The highest BCUT2D eigenvalue weighted by atomic mass is 32.2. The Bertz CT molecular complexity index is 1060. The van der Waals surface area contributed by atoms with Gasteiger partial charge in [-0.25, -0.2) is 17.6 Å². The number of carboxylic acid groups (broad SMARTS) is 1. The lowest BCUT2D eigenvalue weighted by atomic mass is 9.65. The molecule has 0 aromatic heterocycles. The molecule has 28 heavy (non-hydrogen) atoms. The number of hydrogen-bond acceptors (Lipinski definition) is 4. The van der Waals surface area contributed by atoms with E-state index < -0.39 is 28.0 Å². The minimum atomic E-state index is -3.89. The maximum absolute atomic E-state index is 14.6. The van der Waals surface area contributed by atoms with Gasteiger partial charge < -0.3 is 9.84 Å². The second kappa shape index (κ2) is 6.48. The second-order valence-electron chi connectivity index (χ2n) is 7.39. The minimum absolute atomic E-state index is 0.0688. The lowest BCUT2D eigenvalue weighted by Gasteiger charge is -2.39. The Morgan fingerprint density at radius 3 is 2.64 bits per heavy atom. The molecule has 1 heterocycles. The molecule has 0 bridgehead atoms. The van der Waals surface area contributed by atoms with Crippen molar-refractivity contribution in [3.8, 4) is 5.75 Å². The average molecular weight is 405 g/mol. The smallest absolute Gasteiger partial charge is 0.341 e. The highest BCUT2D eigenvalue weighted by molar-refractivity contribution is 7.92. The van der Waals surface area contributed by atoms with Crippen LogP contribution in [0, 0.1) is 12.7 Å². The molecule has 0 radical (unpaired) electrons. The van der Waals surface area contributed by atoms with Crippen LogP contribution in [0.5, 0.6) is 5.75 Å². The first-order chi connectivity index (χ1) is 13.2. The zero-order chi connectivity index (χ0) is 20.1. The maximum Gasteiger partial charge on any atom is 0.341 e. The molecule has 8 heteroatoms. The molecule has 2 aromatic rings. The molecule has 4 rings (SSSR count). The lowest BCUT2D eigenvalue weighted by molar-refractivity contribution is -0.139. The van der Waals surface area contributed by atoms with E-state index in [9.17, 15) is 17.6 Å². The Morgan fingerprint density at radius 1 is 1.29 bits per heavy atom. The third kappa shape index (κ3) is 2.83. The van der Waals surface area contributed by atoms with Gasteiger partial charge >= 0.3 is 5.97 Å². The molecule has 0 saturated heterocycles. The molecule has 1 fully saturated rings. The van der Waals surface area contributed by atoms with E-state index in [2.05, 4.69) is 0 Å². The number of aliphatic carboxylic acids is 1. The van der Waals surface area contributed by atoms with Crippen molar-refractivity contribution in [1.29, 1.82) is 0 Å². The van der Waals surface area contributed by atoms with Crippen molar-refractivity contribution in [3.05, 3.63) is 53.3 Å². The van der Waals surface area contributed by atoms with E-state index in [1.807, 2.05) is 0 Å². The molecule has 6 nitrogen and oxygen atoms in total. The molecule has 1 spiro atoms. The Hall–Kier alpha value is -2.61. The van der Waals surface area contributed by atoms with Crippen LogP contribution in [0.1, 0.15) is 30.4 Å². The summed E-state index contributed by atoms with van der Waals surface area (Å²) in [5, 5.41) is 8.73. The van der Waals surface area contributed by atoms with Crippen LogP contribution in [-0.4, -0.2) is 32.6 Å². The van der Waals surface area contributed by atoms with Gasteiger partial charge in [-0.05, 0) is 55.7 Å². The number of anilines is 1. The number of nitrogens with zero attached hydrogens (tertiary/aromatic N) is 1. The number of halogens is 1. The molecular formula is C20H20FNO5S. The molecular weight excluding hydrogens is 385 g/mol. The third-order valence-electron chi connectivity index (χ3n) is 5.63. The topological polar surface area (TPSA) is 83.9 Å². The van der Waals surface area contributed by atoms with Crippen LogP contribution in [-0.2, 0) is 20.2 Å². The first kappa shape index (κ1) is 18.7. The Morgan fingerprint density at radius 2 is 2.04 bits per heavy atom. The maximum atomic E-state index is 14.6. The number of fused-ring (bicyclic) bond motifs is 2. The van der Waals surface area contributed by atoms with E-state index in [4.69, 9.17) is 9.84 Å². The van der Waals surface area contributed by atoms with Crippen molar-refractivity contribution in [1.82, 2.24) is 0 Å². The van der Waals surface area contributed by atoms with Crippen molar-refractivity contribution in [3.63, 3.8) is 0 Å². The molecule has 0 unspecified atom stereocenters. The van der Waals surface area contributed by atoms with Crippen LogP contribution in [0.15, 0.2) is 41.3 Å². The fourth-order valence-electron chi connectivity index (χ4n) is 4.12. The Kier molecular flexibility index (Phi) is 4.33. The van der Waals surface area contributed by atoms with Gasteiger partial charge in [0.1, 0.15) is 11.6 Å². The van der Waals surface area contributed by atoms with E-state index in [0.717, 1.165) is 19.3 Å². The predicted molar refractivity (Wildman–Crippen MR) is 101 cm³/mol. The van der Waals surface area contributed by atoms with Crippen LogP contribution < -0.4 is 9.04 Å². The van der Waals surface area contributed by atoms with Crippen LogP contribution in [0.2, 0.25) is 0 Å². The minimum Gasteiger partial charge on any atom is -0.482 e. The molecule has 2 aliphatic rings. The summed E-state index contributed by atoms with van der Waals surface area (Å²) in [5.41, 5.74) is 0.985. The number of aryl methyl sites for hydroxylation is 1. The van der Waals surface area contributed by atoms with Crippen molar-refractivity contribution in [2.75, 3.05) is 17.5 Å². The second-order valence-corrected chi connectivity index (χ2v) is 9.25. The monoisotopic (exact) mass is 405 g/mol. The summed E-state index contributed by atoms with van der Waals surface area (Å²) in [6.45, 7) is 1.39. The fourth-order valence-corrected chi connectivity index (χ4v) is 5.77. The van der Waals surface area contributed by atoms with Crippen molar-refractivity contribution in [2.24, 2.45) is 0 Å². The summed E-state index contributed by atoms with van der Waals surface area (Å²) in [4.78, 5) is 10.7. The van der Waals surface area contributed by atoms with E-state index in [0.29, 0.717) is 22.6 Å². The van der Waals surface area contributed by atoms with Crippen LogP contribution in [0.4, 0.5) is 10.1 Å². The van der Waals surface area contributed by atoms with Gasteiger partial charge in [-0.1, -0.05) is 12.5 Å². The Balaban J connectivity index is 1.71. The third-order valence-corrected chi connectivity index (χ3v) is 7.39. The number of carboxylic acids is 1. The molecule has 1 aliphatic heterocycles. The van der Waals surface area contributed by atoms with E-state index in [1.54, 1.807) is 13.0 Å². The van der Waals surface area contributed by atoms with Gasteiger partial charge in [-0.3, -0.25) is 4.31 Å². The number of sulfonamides is 1. The molecule has 0 atom stereocenters. The zero-order valence-electron chi connectivity index (χ0n) is 15.3. The number of carbonyl (C=O) groups is 1. The first-order valence-corrected chi connectivity index (χ1v) is 10.5. The van der Waals surface area contributed by atoms with Crippen molar-refractivity contribution in [2.45, 2.75) is 36.5 Å². The van der Waals surface area contributed by atoms with Gasteiger partial charge in [0, 0.05) is 17.5 Å². The first-order valence-electron chi connectivity index (χ1n) is 9.02. The summed E-state index contributed by atoms with van der Waals surface area (Å²) < 4.78 is 47.7. The van der Waals surface area contributed by atoms with Crippen molar-refractivity contribution >= 4 is 21.7 Å². The van der Waals surface area contributed by atoms with Gasteiger partial charge in [0.15, 0.2) is 6.61 Å². The van der Waals surface area contributed by atoms with E-state index in [1.165, 1.54) is 34.6 Å². The molecule has 0 amide bonds. The highest BCUT2D eigenvalue weighted by Crippen LogP contribution is 2.54. The van der Waals surface area contributed by atoms with Gasteiger partial charge in [-0.15, -0.1) is 0 Å². The molecule has 1 saturated carbocycles. The quantitative estimate of drug-likeness (QED) is 0.826. The largest absolute Gasteiger partial charge is 0.482 e. The van der Waals surface area contributed by atoms with Crippen LogP contribution in [0.3, 0.4) is 0 Å². The van der Waals surface area contributed by atoms with E-state index >= 15 is 0 Å². The molecule has 148 valence electrons.